The number of aliphatic hydroxyl groups is 1. The third kappa shape index (κ3) is 4.47. The Morgan fingerprint density at radius 1 is 1.32 bits per heavy atom. The van der Waals surface area contributed by atoms with Crippen molar-refractivity contribution in [3.05, 3.63) is 16.6 Å². The molecule has 1 aromatic heterocycles. The molecule has 1 aromatic carbocycles. The summed E-state index contributed by atoms with van der Waals surface area (Å²) in [5.74, 6) is 1.50. The van der Waals surface area contributed by atoms with E-state index in [9.17, 15) is 9.90 Å². The third-order valence-electron chi connectivity index (χ3n) is 5.44. The quantitative estimate of drug-likeness (QED) is 0.686. The Balaban J connectivity index is 1.31. The van der Waals surface area contributed by atoms with E-state index in [2.05, 4.69) is 31.1 Å². The largest absolute Gasteiger partial charge is 0.490 e. The Morgan fingerprint density at radius 2 is 2.07 bits per heavy atom. The molecule has 0 spiro atoms. The van der Waals surface area contributed by atoms with Gasteiger partial charge in [-0.25, -0.2) is 4.68 Å². The van der Waals surface area contributed by atoms with Gasteiger partial charge in [-0.15, -0.1) is 5.10 Å². The summed E-state index contributed by atoms with van der Waals surface area (Å²) in [7, 11) is 0. The Hall–Kier alpha value is -1.71. The molecule has 1 aliphatic heterocycles. The number of ether oxygens (including phenoxy) is 1. The maximum Gasteiger partial charge on any atom is 0.219 e. The molecule has 1 unspecified atom stereocenters. The smallest absolute Gasteiger partial charge is 0.219 e. The van der Waals surface area contributed by atoms with Gasteiger partial charge in [0.25, 0.3) is 0 Å². The van der Waals surface area contributed by atoms with Crippen molar-refractivity contribution in [2.24, 2.45) is 5.92 Å². The lowest BCUT2D eigenvalue weighted by atomic mass is 10.2. The van der Waals surface area contributed by atoms with Gasteiger partial charge in [0.05, 0.1) is 9.99 Å². The van der Waals surface area contributed by atoms with Crippen LogP contribution in [-0.4, -0.2) is 81.2 Å². The Bertz CT molecular complexity index is 845. The number of rotatable bonds is 7. The molecule has 4 rings (SSSR count). The van der Waals surface area contributed by atoms with E-state index in [1.54, 1.807) is 6.92 Å². The summed E-state index contributed by atoms with van der Waals surface area (Å²) in [5, 5.41) is 18.9. The van der Waals surface area contributed by atoms with Crippen molar-refractivity contribution in [3.63, 3.8) is 0 Å². The van der Waals surface area contributed by atoms with Gasteiger partial charge >= 0.3 is 0 Å². The van der Waals surface area contributed by atoms with Crippen molar-refractivity contribution in [1.82, 2.24) is 24.8 Å². The first kappa shape index (κ1) is 19.6. The Labute approximate surface area is 172 Å². The lowest BCUT2D eigenvalue weighted by Gasteiger charge is -2.35. The number of hydrogen-bond donors (Lipinski definition) is 1. The van der Waals surface area contributed by atoms with Crippen molar-refractivity contribution < 1.29 is 14.6 Å². The van der Waals surface area contributed by atoms with Gasteiger partial charge in [0.2, 0.25) is 5.91 Å². The van der Waals surface area contributed by atoms with E-state index >= 15 is 0 Å². The molecule has 0 radical (unpaired) electrons. The summed E-state index contributed by atoms with van der Waals surface area (Å²) in [5.41, 5.74) is 1.78. The van der Waals surface area contributed by atoms with E-state index in [1.165, 1.54) is 12.8 Å². The Morgan fingerprint density at radius 3 is 2.75 bits per heavy atom. The van der Waals surface area contributed by atoms with E-state index in [-0.39, 0.29) is 12.5 Å². The summed E-state index contributed by atoms with van der Waals surface area (Å²) < 4.78 is 8.57. The number of β-amino-alcohol motifs (C(OH)–C–C–N with tert-alkyl or cyclic N) is 1. The van der Waals surface area contributed by atoms with Crippen LogP contribution in [0.5, 0.6) is 5.75 Å². The van der Waals surface area contributed by atoms with Gasteiger partial charge in [-0.1, -0.05) is 5.21 Å². The van der Waals surface area contributed by atoms with Crippen molar-refractivity contribution in [1.29, 1.82) is 0 Å². The molecule has 2 heterocycles. The van der Waals surface area contributed by atoms with Crippen LogP contribution < -0.4 is 4.74 Å². The molecule has 1 saturated carbocycles. The second-order valence-electron chi connectivity index (χ2n) is 7.73. The Kier molecular flexibility index (Phi) is 5.84. The van der Waals surface area contributed by atoms with Crippen LogP contribution >= 0.6 is 15.9 Å². The van der Waals surface area contributed by atoms with Crippen molar-refractivity contribution in [2.75, 3.05) is 39.3 Å². The predicted octanol–water partition coefficient (Wildman–Crippen LogP) is 1.51. The van der Waals surface area contributed by atoms with Crippen LogP contribution in [0.25, 0.3) is 11.0 Å². The monoisotopic (exact) mass is 451 g/mol. The number of carbonyl (C=O) groups is 1. The van der Waals surface area contributed by atoms with Crippen LogP contribution in [0.3, 0.4) is 0 Å². The number of benzene rings is 1. The second kappa shape index (κ2) is 8.34. The van der Waals surface area contributed by atoms with Gasteiger partial charge in [0, 0.05) is 46.2 Å². The minimum atomic E-state index is -0.600. The van der Waals surface area contributed by atoms with Gasteiger partial charge in [-0.3, -0.25) is 9.69 Å². The highest BCUT2D eigenvalue weighted by molar-refractivity contribution is 9.10. The molecule has 2 aromatic rings. The summed E-state index contributed by atoms with van der Waals surface area (Å²) >= 11 is 3.58. The fraction of sp³-hybridized carbons (Fsp3) is 0.632. The van der Waals surface area contributed by atoms with Crippen molar-refractivity contribution in [2.45, 2.75) is 32.4 Å². The number of nitrogens with zero attached hydrogens (tertiary/aromatic N) is 5. The summed E-state index contributed by atoms with van der Waals surface area (Å²) in [4.78, 5) is 15.4. The van der Waals surface area contributed by atoms with E-state index in [0.717, 1.165) is 41.1 Å². The first-order valence-electron chi connectivity index (χ1n) is 9.81. The molecule has 152 valence electrons. The van der Waals surface area contributed by atoms with E-state index < -0.39 is 6.10 Å². The molecule has 8 nitrogen and oxygen atoms in total. The highest BCUT2D eigenvalue weighted by Crippen LogP contribution is 2.34. The molecular weight excluding hydrogens is 426 g/mol. The predicted molar refractivity (Wildman–Crippen MR) is 108 cm³/mol. The fourth-order valence-corrected chi connectivity index (χ4v) is 4.09. The summed E-state index contributed by atoms with van der Waals surface area (Å²) in [6.45, 7) is 6.21. The number of amides is 1. The van der Waals surface area contributed by atoms with Crippen LogP contribution in [0, 0.1) is 5.92 Å². The zero-order chi connectivity index (χ0) is 19.7. The van der Waals surface area contributed by atoms with E-state index in [0.29, 0.717) is 25.4 Å². The van der Waals surface area contributed by atoms with Crippen molar-refractivity contribution in [3.8, 4) is 5.75 Å². The molecule has 1 atom stereocenters. The van der Waals surface area contributed by atoms with Gasteiger partial charge in [-0.2, -0.15) is 0 Å². The average molecular weight is 452 g/mol. The molecular formula is C19H26BrN5O3. The fourth-order valence-electron chi connectivity index (χ4n) is 3.56. The first-order valence-corrected chi connectivity index (χ1v) is 10.6. The SMILES string of the molecule is CC(=O)N1CCN(CC(O)COc2ccc3c(nnn3CC3CC3)c2Br)CC1. The second-order valence-corrected chi connectivity index (χ2v) is 8.52. The topological polar surface area (TPSA) is 83.7 Å². The van der Waals surface area contributed by atoms with Crippen LogP contribution in [-0.2, 0) is 11.3 Å². The molecule has 9 heteroatoms. The minimum Gasteiger partial charge on any atom is -0.490 e. The zero-order valence-electron chi connectivity index (χ0n) is 16.1. The molecule has 0 bridgehead atoms. The standard InChI is InChI=1S/C19H26BrN5O3/c1-13(26)24-8-6-23(7-9-24)11-15(27)12-28-17-5-4-16-19(18(17)20)21-22-25(16)10-14-2-3-14/h4-5,14-15,27H,2-3,6-12H2,1H3. The zero-order valence-corrected chi connectivity index (χ0v) is 17.6. The molecule has 2 fully saturated rings. The number of aromatic nitrogens is 3. The molecule has 1 aliphatic carbocycles. The van der Waals surface area contributed by atoms with Crippen LogP contribution in [0.1, 0.15) is 19.8 Å². The number of halogens is 1. The summed E-state index contributed by atoms with van der Waals surface area (Å²) in [6, 6.07) is 3.88. The number of aliphatic hydroxyl groups excluding tert-OH is 1. The van der Waals surface area contributed by atoms with Gasteiger partial charge < -0.3 is 14.7 Å². The van der Waals surface area contributed by atoms with Crippen LogP contribution in [0.4, 0.5) is 0 Å². The van der Waals surface area contributed by atoms with Crippen LogP contribution in [0.2, 0.25) is 0 Å². The first-order chi connectivity index (χ1) is 13.5. The summed E-state index contributed by atoms with van der Waals surface area (Å²) in [6.07, 6.45) is 1.94. The number of carbonyl (C=O) groups excluding carboxylic acids is 1. The van der Waals surface area contributed by atoms with Gasteiger partial charge in [0.1, 0.15) is 24.0 Å². The van der Waals surface area contributed by atoms with Crippen molar-refractivity contribution >= 4 is 32.9 Å². The maximum atomic E-state index is 11.4. The van der Waals surface area contributed by atoms with Crippen LogP contribution in [0.15, 0.2) is 16.6 Å². The van der Waals surface area contributed by atoms with Gasteiger partial charge in [-0.05, 0) is 46.8 Å². The maximum absolute atomic E-state index is 11.4. The highest BCUT2D eigenvalue weighted by atomic mass is 79.9. The molecule has 2 aliphatic rings. The molecule has 1 N–H and O–H groups in total. The number of hydrogen-bond acceptors (Lipinski definition) is 6. The highest BCUT2D eigenvalue weighted by Gasteiger charge is 2.24. The molecule has 1 saturated heterocycles. The lowest BCUT2D eigenvalue weighted by Crippen LogP contribution is -2.50. The molecule has 28 heavy (non-hydrogen) atoms. The minimum absolute atomic E-state index is 0.109. The lowest BCUT2D eigenvalue weighted by molar-refractivity contribution is -0.130. The number of piperazine rings is 1. The van der Waals surface area contributed by atoms with E-state index in [1.807, 2.05) is 21.7 Å². The van der Waals surface area contributed by atoms with Gasteiger partial charge in [0.15, 0.2) is 0 Å². The normalized spacial score (nSPS) is 19.2. The third-order valence-corrected chi connectivity index (χ3v) is 6.20. The number of fused-ring (bicyclic) bond motifs is 1. The average Bonchev–Trinajstić information content (AvgIpc) is 3.40. The van der Waals surface area contributed by atoms with E-state index in [4.69, 9.17) is 4.74 Å². The molecule has 1 amide bonds.